The molecule has 2 heterocycles. The molecule has 7 heteroatoms. The molecule has 3 aliphatic rings. The number of fused-ring (bicyclic) bond motifs is 1. The zero-order chi connectivity index (χ0) is 19.1. The molecular formula is C20H31N5O2. The quantitative estimate of drug-likeness (QED) is 0.738. The first-order valence-corrected chi connectivity index (χ1v) is 10.0. The SMILES string of the molecule is CCC1NC(c2ccc3c(c2)CC[C@H]3NC(=O)C2CN(C)C(C)N2C)NO1. The van der Waals surface area contributed by atoms with Gasteiger partial charge in [-0.05, 0) is 57.0 Å². The highest BCUT2D eigenvalue weighted by Gasteiger charge is 2.38. The summed E-state index contributed by atoms with van der Waals surface area (Å²) in [6.07, 6.45) is 3.25. The number of carbonyl (C=O) groups is 1. The predicted octanol–water partition coefficient (Wildman–Crippen LogP) is 1.24. The van der Waals surface area contributed by atoms with Gasteiger partial charge in [0.2, 0.25) is 5.91 Å². The lowest BCUT2D eigenvalue weighted by Crippen LogP contribution is -2.45. The fraction of sp³-hybridized carbons (Fsp3) is 0.650. The predicted molar refractivity (Wildman–Crippen MR) is 103 cm³/mol. The summed E-state index contributed by atoms with van der Waals surface area (Å²) in [6.45, 7) is 5.01. The van der Waals surface area contributed by atoms with Gasteiger partial charge in [-0.2, -0.15) is 5.48 Å². The Morgan fingerprint density at radius 3 is 2.85 bits per heavy atom. The molecular weight excluding hydrogens is 342 g/mol. The van der Waals surface area contributed by atoms with Gasteiger partial charge in [-0.25, -0.2) is 0 Å². The minimum absolute atomic E-state index is 0.0260. The molecule has 7 nitrogen and oxygen atoms in total. The molecule has 1 amide bonds. The Kier molecular flexibility index (Phi) is 5.22. The van der Waals surface area contributed by atoms with Crippen molar-refractivity contribution >= 4 is 5.91 Å². The molecule has 27 heavy (non-hydrogen) atoms. The Labute approximate surface area is 161 Å². The highest BCUT2D eigenvalue weighted by Crippen LogP contribution is 2.33. The lowest BCUT2D eigenvalue weighted by Gasteiger charge is -2.24. The van der Waals surface area contributed by atoms with Crippen LogP contribution in [0.2, 0.25) is 0 Å². The number of hydrogen-bond donors (Lipinski definition) is 3. The Bertz CT molecular complexity index is 712. The molecule has 2 saturated heterocycles. The topological polar surface area (TPSA) is 68.9 Å². The van der Waals surface area contributed by atoms with Crippen LogP contribution in [0.25, 0.3) is 0 Å². The summed E-state index contributed by atoms with van der Waals surface area (Å²) in [7, 11) is 4.10. The van der Waals surface area contributed by atoms with Crippen LogP contribution in [-0.2, 0) is 16.1 Å². The number of rotatable bonds is 4. The number of amides is 1. The number of benzene rings is 1. The molecule has 0 aromatic heterocycles. The van der Waals surface area contributed by atoms with E-state index in [0.717, 1.165) is 25.8 Å². The standard InChI is InChI=1S/C20H31N5O2/c1-5-18-22-19(23-27-18)14-6-8-15-13(10-14)7-9-16(15)21-20(26)17-11-24(3)12(2)25(17)4/h6,8,10,12,16-19,22-23H,5,7,9,11H2,1-4H3,(H,21,26)/t12?,16-,17?,18?,19?/m1/s1. The number of nitrogens with zero attached hydrogens (tertiary/aromatic N) is 2. The molecule has 4 unspecified atom stereocenters. The first kappa shape index (κ1) is 18.8. The van der Waals surface area contributed by atoms with Crippen LogP contribution >= 0.6 is 0 Å². The highest BCUT2D eigenvalue weighted by atomic mass is 16.7. The van der Waals surface area contributed by atoms with E-state index in [2.05, 4.69) is 65.0 Å². The lowest BCUT2D eigenvalue weighted by molar-refractivity contribution is -0.125. The summed E-state index contributed by atoms with van der Waals surface area (Å²) in [5.74, 6) is 0.133. The van der Waals surface area contributed by atoms with Crippen LogP contribution in [0.4, 0.5) is 0 Å². The Hall–Kier alpha value is -1.51. The maximum absolute atomic E-state index is 12.8. The Morgan fingerprint density at radius 2 is 2.19 bits per heavy atom. The van der Waals surface area contributed by atoms with Gasteiger partial charge >= 0.3 is 0 Å². The van der Waals surface area contributed by atoms with E-state index < -0.39 is 0 Å². The second kappa shape index (κ2) is 7.48. The smallest absolute Gasteiger partial charge is 0.239 e. The van der Waals surface area contributed by atoms with Gasteiger partial charge in [0.05, 0.1) is 12.2 Å². The third kappa shape index (κ3) is 3.50. The highest BCUT2D eigenvalue weighted by molar-refractivity contribution is 5.83. The summed E-state index contributed by atoms with van der Waals surface area (Å²) in [5.41, 5.74) is 6.83. The fourth-order valence-electron chi connectivity index (χ4n) is 4.40. The van der Waals surface area contributed by atoms with Gasteiger partial charge in [0.1, 0.15) is 18.4 Å². The van der Waals surface area contributed by atoms with E-state index in [1.54, 1.807) is 0 Å². The summed E-state index contributed by atoms with van der Waals surface area (Å²) < 4.78 is 0. The number of likely N-dealkylation sites (N-methyl/N-ethyl adjacent to an activating group) is 2. The number of aryl methyl sites for hydroxylation is 1. The average molecular weight is 374 g/mol. The third-order valence-electron chi connectivity index (χ3n) is 6.43. The van der Waals surface area contributed by atoms with Crippen molar-refractivity contribution in [1.82, 2.24) is 25.9 Å². The summed E-state index contributed by atoms with van der Waals surface area (Å²) >= 11 is 0. The van der Waals surface area contributed by atoms with E-state index in [4.69, 9.17) is 4.84 Å². The third-order valence-corrected chi connectivity index (χ3v) is 6.43. The summed E-state index contributed by atoms with van der Waals surface area (Å²) in [6, 6.07) is 6.57. The Balaban J connectivity index is 1.43. The van der Waals surface area contributed by atoms with Gasteiger partial charge in [0, 0.05) is 6.54 Å². The fourth-order valence-corrected chi connectivity index (χ4v) is 4.40. The van der Waals surface area contributed by atoms with E-state index >= 15 is 0 Å². The van der Waals surface area contributed by atoms with Crippen LogP contribution in [0, 0.1) is 0 Å². The Morgan fingerprint density at radius 1 is 1.37 bits per heavy atom. The van der Waals surface area contributed by atoms with Gasteiger partial charge in [0.25, 0.3) is 0 Å². The number of hydroxylamine groups is 1. The van der Waals surface area contributed by atoms with Crippen LogP contribution in [0.5, 0.6) is 0 Å². The molecule has 4 rings (SSSR count). The molecule has 1 aliphatic carbocycles. The minimum atomic E-state index is -0.0802. The maximum atomic E-state index is 12.8. The molecule has 0 bridgehead atoms. The average Bonchev–Trinajstić information content (AvgIpc) is 3.36. The molecule has 0 saturated carbocycles. The van der Waals surface area contributed by atoms with Gasteiger partial charge in [0.15, 0.2) is 0 Å². The van der Waals surface area contributed by atoms with E-state index in [0.29, 0.717) is 6.17 Å². The second-order valence-corrected chi connectivity index (χ2v) is 8.04. The molecule has 1 aromatic rings. The maximum Gasteiger partial charge on any atom is 0.239 e. The van der Waals surface area contributed by atoms with Crippen molar-refractivity contribution in [3.8, 4) is 0 Å². The van der Waals surface area contributed by atoms with E-state index in [-0.39, 0.29) is 30.4 Å². The van der Waals surface area contributed by atoms with E-state index in [9.17, 15) is 4.79 Å². The van der Waals surface area contributed by atoms with Gasteiger partial charge < -0.3 is 5.32 Å². The zero-order valence-electron chi connectivity index (χ0n) is 16.7. The van der Waals surface area contributed by atoms with Crippen molar-refractivity contribution in [2.24, 2.45) is 0 Å². The van der Waals surface area contributed by atoms with Gasteiger partial charge in [-0.3, -0.25) is 24.7 Å². The van der Waals surface area contributed by atoms with E-state index in [1.165, 1.54) is 16.7 Å². The number of hydrogen-bond acceptors (Lipinski definition) is 6. The first-order chi connectivity index (χ1) is 13.0. The van der Waals surface area contributed by atoms with Crippen LogP contribution in [-0.4, -0.2) is 54.8 Å². The van der Waals surface area contributed by atoms with Crippen molar-refractivity contribution in [3.63, 3.8) is 0 Å². The van der Waals surface area contributed by atoms with Crippen molar-refractivity contribution in [2.75, 3.05) is 20.6 Å². The summed E-state index contributed by atoms with van der Waals surface area (Å²) in [4.78, 5) is 22.7. The molecule has 0 spiro atoms. The molecule has 2 fully saturated rings. The van der Waals surface area contributed by atoms with Gasteiger partial charge in [-0.1, -0.05) is 25.1 Å². The summed E-state index contributed by atoms with van der Waals surface area (Å²) in [5, 5.41) is 6.72. The first-order valence-electron chi connectivity index (χ1n) is 10.0. The van der Waals surface area contributed by atoms with Crippen molar-refractivity contribution in [1.29, 1.82) is 0 Å². The van der Waals surface area contributed by atoms with Crippen molar-refractivity contribution in [3.05, 3.63) is 34.9 Å². The molecule has 5 atom stereocenters. The van der Waals surface area contributed by atoms with Crippen molar-refractivity contribution < 1.29 is 9.63 Å². The monoisotopic (exact) mass is 373 g/mol. The lowest BCUT2D eigenvalue weighted by atomic mass is 10.0. The molecule has 148 valence electrons. The molecule has 2 aliphatic heterocycles. The number of nitrogens with one attached hydrogen (secondary N) is 3. The second-order valence-electron chi connectivity index (χ2n) is 8.04. The van der Waals surface area contributed by atoms with E-state index in [1.807, 2.05) is 7.05 Å². The van der Waals surface area contributed by atoms with Crippen LogP contribution in [0.15, 0.2) is 18.2 Å². The van der Waals surface area contributed by atoms with Gasteiger partial charge in [-0.15, -0.1) is 0 Å². The largest absolute Gasteiger partial charge is 0.348 e. The number of carbonyl (C=O) groups excluding carboxylic acids is 1. The van der Waals surface area contributed by atoms with Crippen molar-refractivity contribution in [2.45, 2.75) is 63.8 Å². The normalized spacial score (nSPS) is 34.1. The molecule has 0 radical (unpaired) electrons. The van der Waals surface area contributed by atoms with Crippen LogP contribution in [0.3, 0.4) is 0 Å². The van der Waals surface area contributed by atoms with Crippen LogP contribution in [0.1, 0.15) is 55.6 Å². The molecule has 3 N–H and O–H groups in total. The zero-order valence-corrected chi connectivity index (χ0v) is 16.7. The minimum Gasteiger partial charge on any atom is -0.348 e. The molecule has 1 aromatic carbocycles. The van der Waals surface area contributed by atoms with Crippen LogP contribution < -0.4 is 16.1 Å².